The summed E-state index contributed by atoms with van der Waals surface area (Å²) >= 11 is 0. The highest BCUT2D eigenvalue weighted by molar-refractivity contribution is 7.92. The van der Waals surface area contributed by atoms with Crippen LogP contribution in [-0.2, 0) is 24.2 Å². The third kappa shape index (κ3) is 6.81. The molecular weight excluding hydrogens is 664 g/mol. The number of carboxylic acid groups (broad SMARTS) is 1. The maximum atomic E-state index is 15.1. The highest BCUT2D eigenvalue weighted by Crippen LogP contribution is 2.49. The monoisotopic (exact) mass is 700 g/mol. The molecule has 3 aliphatic rings. The number of nitrogens with one attached hydrogen (secondary N) is 2. The molecule has 2 aromatic carbocycles. The van der Waals surface area contributed by atoms with Gasteiger partial charge < -0.3 is 30.0 Å². The Hall–Kier alpha value is -3.92. The molecule has 48 heavy (non-hydrogen) atoms. The van der Waals surface area contributed by atoms with Gasteiger partial charge in [0, 0.05) is 24.9 Å². The first kappa shape index (κ1) is 35.4. The van der Waals surface area contributed by atoms with Crippen LogP contribution in [0, 0.1) is 29.0 Å². The second kappa shape index (κ2) is 13.5. The van der Waals surface area contributed by atoms with Crippen LogP contribution in [0.2, 0.25) is 0 Å². The summed E-state index contributed by atoms with van der Waals surface area (Å²) in [6.45, 7) is 0.0324. The number of hydrogen-bond acceptors (Lipinski definition) is 8. The fourth-order valence-electron chi connectivity index (χ4n) is 7.31. The summed E-state index contributed by atoms with van der Waals surface area (Å²) in [6, 6.07) is 5.40. The molecule has 2 bridgehead atoms. The SMILES string of the molecule is COCC1(C(=O)O)CCC(Oc2cc(C(=O)N[C@@H]3[C@H]4CC[C@H](C4)[C@@H]3C(=O)Nc3cccc(S(=O)(=O)C(F)(F)F)c3)c(OC)cc2F)CC1. The molecule has 2 amide bonds. The standard InChI is InChI=1S/C32H36F4N2O9S/c1-45-16-31(30(41)42)10-8-20(9-11-31)47-25-14-22(24(46-2)15-23(25)33)28(39)38-27-18-7-6-17(12-18)26(27)29(40)37-19-4-3-5-21(13-19)48(43,44)32(34,35)36/h3-5,13-15,17-18,20,26-27H,6-12,16H2,1-2H3,(H,37,40)(H,38,39)(H,41,42)/t17-,18+,20?,26+,27-,31?/m1/s1. The number of carbonyl (C=O) groups excluding carboxylic acids is 2. The van der Waals surface area contributed by atoms with Crippen LogP contribution in [0.3, 0.4) is 0 Å². The highest BCUT2D eigenvalue weighted by Gasteiger charge is 2.52. The van der Waals surface area contributed by atoms with Crippen LogP contribution in [0.4, 0.5) is 23.2 Å². The Balaban J connectivity index is 1.31. The Bertz CT molecular complexity index is 1680. The van der Waals surface area contributed by atoms with Crippen LogP contribution in [-0.4, -0.2) is 69.8 Å². The molecular formula is C32H36F4N2O9S. The number of halogens is 4. The van der Waals surface area contributed by atoms with Gasteiger partial charge in [0.2, 0.25) is 5.91 Å². The normalized spacial score (nSPS) is 26.9. The number of methoxy groups -OCH3 is 2. The number of carbonyl (C=O) groups is 3. The van der Waals surface area contributed by atoms with Crippen molar-refractivity contribution < 1.29 is 59.7 Å². The van der Waals surface area contributed by atoms with Gasteiger partial charge in [-0.05, 0) is 81.0 Å². The molecule has 0 unspecified atom stereocenters. The summed E-state index contributed by atoms with van der Waals surface area (Å²) in [5.41, 5.74) is -6.79. The lowest BCUT2D eigenvalue weighted by molar-refractivity contribution is -0.156. The maximum absolute atomic E-state index is 15.1. The predicted octanol–water partition coefficient (Wildman–Crippen LogP) is 4.95. The summed E-state index contributed by atoms with van der Waals surface area (Å²) in [7, 11) is -2.96. The van der Waals surface area contributed by atoms with Crippen LogP contribution in [0.25, 0.3) is 0 Å². The van der Waals surface area contributed by atoms with E-state index in [0.29, 0.717) is 25.7 Å². The number of alkyl halides is 3. The molecule has 3 N–H and O–H groups in total. The number of rotatable bonds is 11. The zero-order valence-electron chi connectivity index (χ0n) is 26.1. The smallest absolute Gasteiger partial charge is 0.496 e. The number of carboxylic acids is 1. The minimum Gasteiger partial charge on any atom is -0.496 e. The number of ether oxygens (including phenoxy) is 3. The highest BCUT2D eigenvalue weighted by atomic mass is 32.2. The quantitative estimate of drug-likeness (QED) is 0.276. The fraction of sp³-hybridized carbons (Fsp3) is 0.531. The predicted molar refractivity (Wildman–Crippen MR) is 162 cm³/mol. The second-order valence-electron chi connectivity index (χ2n) is 12.6. The molecule has 2 aromatic rings. The number of benzene rings is 2. The molecule has 262 valence electrons. The molecule has 0 saturated heterocycles. The Labute approximate surface area is 274 Å². The van der Waals surface area contributed by atoms with E-state index in [1.54, 1.807) is 0 Å². The molecule has 0 spiro atoms. The van der Waals surface area contributed by atoms with Crippen molar-refractivity contribution in [3.63, 3.8) is 0 Å². The zero-order valence-corrected chi connectivity index (χ0v) is 27.0. The number of sulfone groups is 1. The van der Waals surface area contributed by atoms with Crippen LogP contribution in [0.1, 0.15) is 55.3 Å². The Morgan fingerprint density at radius 2 is 1.69 bits per heavy atom. The Morgan fingerprint density at radius 3 is 2.31 bits per heavy atom. The first-order chi connectivity index (χ1) is 22.6. The van der Waals surface area contributed by atoms with Crippen LogP contribution >= 0.6 is 0 Å². The van der Waals surface area contributed by atoms with Gasteiger partial charge in [-0.1, -0.05) is 6.07 Å². The third-order valence-corrected chi connectivity index (χ3v) is 11.3. The van der Waals surface area contributed by atoms with E-state index in [1.165, 1.54) is 26.4 Å². The van der Waals surface area contributed by atoms with Gasteiger partial charge in [0.25, 0.3) is 15.7 Å². The van der Waals surface area contributed by atoms with E-state index < -0.39 is 67.3 Å². The lowest BCUT2D eigenvalue weighted by Crippen LogP contribution is -2.48. The number of anilines is 1. The zero-order chi connectivity index (χ0) is 35.0. The summed E-state index contributed by atoms with van der Waals surface area (Å²) in [6.07, 6.45) is 2.63. The molecule has 0 aromatic heterocycles. The van der Waals surface area contributed by atoms with Crippen molar-refractivity contribution in [2.24, 2.45) is 23.2 Å². The summed E-state index contributed by atoms with van der Waals surface area (Å²) in [5.74, 6) is -4.34. The van der Waals surface area contributed by atoms with E-state index >= 15 is 4.39 Å². The van der Waals surface area contributed by atoms with E-state index in [2.05, 4.69) is 10.6 Å². The topological polar surface area (TPSA) is 157 Å². The summed E-state index contributed by atoms with van der Waals surface area (Å²) < 4.78 is 94.5. The van der Waals surface area contributed by atoms with Gasteiger partial charge in [0.05, 0.1) is 41.6 Å². The van der Waals surface area contributed by atoms with Gasteiger partial charge >= 0.3 is 11.5 Å². The van der Waals surface area contributed by atoms with Gasteiger partial charge in [-0.3, -0.25) is 14.4 Å². The molecule has 11 nitrogen and oxygen atoms in total. The van der Waals surface area contributed by atoms with Crippen molar-refractivity contribution in [1.82, 2.24) is 5.32 Å². The summed E-state index contributed by atoms with van der Waals surface area (Å²) in [4.78, 5) is 38.0. The van der Waals surface area contributed by atoms with Gasteiger partial charge in [-0.2, -0.15) is 13.2 Å². The van der Waals surface area contributed by atoms with Crippen LogP contribution in [0.5, 0.6) is 11.5 Å². The molecule has 0 radical (unpaired) electrons. The van der Waals surface area contributed by atoms with E-state index in [9.17, 15) is 41.1 Å². The minimum absolute atomic E-state index is 0.0324. The Kier molecular flexibility index (Phi) is 9.98. The number of hydrogen-bond donors (Lipinski definition) is 3. The fourth-order valence-corrected chi connectivity index (χ4v) is 8.12. The van der Waals surface area contributed by atoms with Crippen molar-refractivity contribution in [2.75, 3.05) is 26.1 Å². The molecule has 16 heteroatoms. The third-order valence-electron chi connectivity index (χ3n) is 9.79. The van der Waals surface area contributed by atoms with Crippen molar-refractivity contribution in [2.45, 2.75) is 67.5 Å². The van der Waals surface area contributed by atoms with E-state index in [0.717, 1.165) is 30.7 Å². The molecule has 3 fully saturated rings. The summed E-state index contributed by atoms with van der Waals surface area (Å²) in [5, 5.41) is 15.1. The van der Waals surface area contributed by atoms with E-state index in [-0.39, 0.29) is 54.0 Å². The molecule has 4 atom stereocenters. The van der Waals surface area contributed by atoms with Gasteiger partial charge in [0.1, 0.15) is 5.75 Å². The number of fused-ring (bicyclic) bond motifs is 2. The molecule has 3 saturated carbocycles. The first-order valence-corrected chi connectivity index (χ1v) is 16.9. The van der Waals surface area contributed by atoms with Crippen molar-refractivity contribution in [1.29, 1.82) is 0 Å². The van der Waals surface area contributed by atoms with Gasteiger partial charge in [-0.25, -0.2) is 12.8 Å². The van der Waals surface area contributed by atoms with Crippen molar-refractivity contribution >= 4 is 33.3 Å². The van der Waals surface area contributed by atoms with Crippen LogP contribution < -0.4 is 20.1 Å². The molecule has 0 heterocycles. The Morgan fingerprint density at radius 1 is 1.00 bits per heavy atom. The van der Waals surface area contributed by atoms with Gasteiger partial charge in [-0.15, -0.1) is 0 Å². The average molecular weight is 701 g/mol. The average Bonchev–Trinajstić information content (AvgIpc) is 3.64. The molecule has 0 aliphatic heterocycles. The lowest BCUT2D eigenvalue weighted by Gasteiger charge is -2.36. The number of aliphatic carboxylic acids is 1. The first-order valence-electron chi connectivity index (χ1n) is 15.4. The minimum atomic E-state index is -5.64. The van der Waals surface area contributed by atoms with Crippen molar-refractivity contribution in [3.8, 4) is 11.5 Å². The maximum Gasteiger partial charge on any atom is 0.501 e. The van der Waals surface area contributed by atoms with E-state index in [1.807, 2.05) is 0 Å². The number of amides is 2. The van der Waals surface area contributed by atoms with Crippen molar-refractivity contribution in [3.05, 3.63) is 47.8 Å². The van der Waals surface area contributed by atoms with Crippen LogP contribution in [0.15, 0.2) is 41.3 Å². The second-order valence-corrected chi connectivity index (χ2v) is 14.6. The van der Waals surface area contributed by atoms with Gasteiger partial charge in [0.15, 0.2) is 11.6 Å². The largest absolute Gasteiger partial charge is 0.501 e. The molecule has 3 aliphatic carbocycles. The molecule has 5 rings (SSSR count). The van der Waals surface area contributed by atoms with E-state index in [4.69, 9.17) is 14.2 Å². The lowest BCUT2D eigenvalue weighted by atomic mass is 9.73.